The summed E-state index contributed by atoms with van der Waals surface area (Å²) in [5.74, 6) is -1.53. The van der Waals surface area contributed by atoms with Crippen LogP contribution in [-0.2, 0) is 9.59 Å². The van der Waals surface area contributed by atoms with E-state index in [2.05, 4.69) is 0 Å². The molecule has 0 aromatic carbocycles. The average Bonchev–Trinajstić information content (AvgIpc) is 1.82. The van der Waals surface area contributed by atoms with Crippen LogP contribution >= 0.6 is 0 Å². The molecule has 0 aromatic heterocycles. The summed E-state index contributed by atoms with van der Waals surface area (Å²) >= 11 is 0. The molecule has 4 heteroatoms. The third-order valence-corrected chi connectivity index (χ3v) is 0.744. The monoisotopic (exact) mass is 162 g/mol. The molecule has 2 N–H and O–H groups in total. The van der Waals surface area contributed by atoms with Crippen LogP contribution in [0.3, 0.4) is 0 Å². The van der Waals surface area contributed by atoms with Crippen molar-refractivity contribution in [3.8, 4) is 0 Å². The highest BCUT2D eigenvalue weighted by Gasteiger charge is 1.90. The fourth-order valence-electron chi connectivity index (χ4n) is 0.328. The summed E-state index contributed by atoms with van der Waals surface area (Å²) in [7, 11) is 0. The Balaban J connectivity index is 0. The third kappa shape index (κ3) is 49.8. The molecule has 0 heterocycles. The van der Waals surface area contributed by atoms with Gasteiger partial charge in [0, 0.05) is 13.3 Å². The Labute approximate surface area is 65.8 Å². The summed E-state index contributed by atoms with van der Waals surface area (Å²) in [6.45, 7) is 3.06. The van der Waals surface area contributed by atoms with Crippen molar-refractivity contribution in [3.63, 3.8) is 0 Å². The Morgan fingerprint density at radius 2 is 1.64 bits per heavy atom. The average molecular weight is 162 g/mol. The molecule has 0 aromatic rings. The topological polar surface area (TPSA) is 74.6 Å². The molecular formula is C7H14O4. The van der Waals surface area contributed by atoms with Gasteiger partial charge in [0.15, 0.2) is 0 Å². The first-order valence-electron chi connectivity index (χ1n) is 3.42. The molecule has 4 nitrogen and oxygen atoms in total. The van der Waals surface area contributed by atoms with E-state index in [0.717, 1.165) is 19.8 Å². The van der Waals surface area contributed by atoms with Gasteiger partial charge in [-0.25, -0.2) is 0 Å². The van der Waals surface area contributed by atoms with Crippen LogP contribution in [0.25, 0.3) is 0 Å². The van der Waals surface area contributed by atoms with Crippen molar-refractivity contribution in [1.82, 2.24) is 0 Å². The van der Waals surface area contributed by atoms with Gasteiger partial charge in [-0.1, -0.05) is 13.3 Å². The lowest BCUT2D eigenvalue weighted by Gasteiger charge is -1.85. The van der Waals surface area contributed by atoms with Gasteiger partial charge < -0.3 is 10.2 Å². The first-order valence-corrected chi connectivity index (χ1v) is 3.42. The zero-order valence-corrected chi connectivity index (χ0v) is 6.83. The number of unbranched alkanes of at least 4 members (excludes halogenated alkanes) is 1. The van der Waals surface area contributed by atoms with Crippen molar-refractivity contribution in [2.24, 2.45) is 0 Å². The summed E-state index contributed by atoms with van der Waals surface area (Å²) in [5, 5.41) is 15.5. The SMILES string of the molecule is CC(=O)O.CCCCC(=O)O. The van der Waals surface area contributed by atoms with Crippen molar-refractivity contribution in [3.05, 3.63) is 0 Å². The van der Waals surface area contributed by atoms with Gasteiger partial charge in [0.1, 0.15) is 0 Å². The van der Waals surface area contributed by atoms with Gasteiger partial charge in [0.05, 0.1) is 0 Å². The second kappa shape index (κ2) is 8.94. The molecule has 0 saturated carbocycles. The standard InChI is InChI=1S/C5H10O2.C2H4O2/c1-2-3-4-5(6)7;1-2(3)4/h2-4H2,1H3,(H,6,7);1H3,(H,3,4). The smallest absolute Gasteiger partial charge is 0.303 e. The summed E-state index contributed by atoms with van der Waals surface area (Å²) in [6, 6.07) is 0. The zero-order chi connectivity index (χ0) is 9.28. The maximum Gasteiger partial charge on any atom is 0.303 e. The molecule has 0 rings (SSSR count). The number of carbonyl (C=O) groups is 2. The summed E-state index contributed by atoms with van der Waals surface area (Å²) < 4.78 is 0. The van der Waals surface area contributed by atoms with E-state index in [1.807, 2.05) is 6.92 Å². The molecule has 0 aliphatic rings. The third-order valence-electron chi connectivity index (χ3n) is 0.744. The summed E-state index contributed by atoms with van der Waals surface area (Å²) in [5.41, 5.74) is 0. The van der Waals surface area contributed by atoms with Gasteiger partial charge in [-0.3, -0.25) is 9.59 Å². The molecule has 0 radical (unpaired) electrons. The molecule has 11 heavy (non-hydrogen) atoms. The molecule has 0 unspecified atom stereocenters. The Morgan fingerprint density at radius 3 is 1.73 bits per heavy atom. The van der Waals surface area contributed by atoms with Crippen LogP contribution in [0.5, 0.6) is 0 Å². The van der Waals surface area contributed by atoms with Gasteiger partial charge in [0.25, 0.3) is 5.97 Å². The van der Waals surface area contributed by atoms with E-state index in [0.29, 0.717) is 6.42 Å². The first-order chi connectivity index (χ1) is 5.00. The summed E-state index contributed by atoms with van der Waals surface area (Å²) in [4.78, 5) is 18.8. The van der Waals surface area contributed by atoms with E-state index in [-0.39, 0.29) is 0 Å². The molecule has 0 aliphatic heterocycles. The van der Waals surface area contributed by atoms with E-state index >= 15 is 0 Å². The lowest BCUT2D eigenvalue weighted by atomic mass is 10.3. The number of rotatable bonds is 3. The van der Waals surface area contributed by atoms with Gasteiger partial charge in [-0.2, -0.15) is 0 Å². The molecule has 0 amide bonds. The number of carboxylic acid groups (broad SMARTS) is 2. The van der Waals surface area contributed by atoms with E-state index in [1.165, 1.54) is 0 Å². The van der Waals surface area contributed by atoms with E-state index in [1.54, 1.807) is 0 Å². The minimum atomic E-state index is -0.833. The molecule has 0 spiro atoms. The summed E-state index contributed by atoms with van der Waals surface area (Å²) in [6.07, 6.45) is 2.08. The van der Waals surface area contributed by atoms with Crippen LogP contribution in [0, 0.1) is 0 Å². The van der Waals surface area contributed by atoms with Crippen LogP contribution in [0.1, 0.15) is 33.1 Å². The Kier molecular flexibility index (Phi) is 10.2. The molecule has 0 saturated heterocycles. The lowest BCUT2D eigenvalue weighted by Crippen LogP contribution is -1.91. The predicted octanol–water partition coefficient (Wildman–Crippen LogP) is 1.35. The molecule has 0 fully saturated rings. The van der Waals surface area contributed by atoms with Crippen LogP contribution in [0.4, 0.5) is 0 Å². The van der Waals surface area contributed by atoms with Crippen molar-refractivity contribution < 1.29 is 19.8 Å². The lowest BCUT2D eigenvalue weighted by molar-refractivity contribution is -0.137. The quantitative estimate of drug-likeness (QED) is 0.656. The highest BCUT2D eigenvalue weighted by atomic mass is 16.4. The second-order valence-electron chi connectivity index (χ2n) is 2.02. The van der Waals surface area contributed by atoms with E-state index < -0.39 is 11.9 Å². The first kappa shape index (κ1) is 12.6. The minimum absolute atomic E-state index is 0.316. The normalized spacial score (nSPS) is 7.82. The van der Waals surface area contributed by atoms with Gasteiger partial charge in [0.2, 0.25) is 0 Å². The Bertz CT molecular complexity index is 116. The number of hydrogen-bond acceptors (Lipinski definition) is 2. The van der Waals surface area contributed by atoms with E-state index in [9.17, 15) is 4.79 Å². The molecule has 0 atom stereocenters. The molecular weight excluding hydrogens is 148 g/mol. The number of aliphatic carboxylic acids is 2. The van der Waals surface area contributed by atoms with Gasteiger partial charge in [-0.15, -0.1) is 0 Å². The Morgan fingerprint density at radius 1 is 1.27 bits per heavy atom. The highest BCUT2D eigenvalue weighted by molar-refractivity contribution is 5.66. The van der Waals surface area contributed by atoms with Crippen molar-refractivity contribution >= 4 is 11.9 Å². The van der Waals surface area contributed by atoms with Gasteiger partial charge in [-0.05, 0) is 6.42 Å². The fourth-order valence-corrected chi connectivity index (χ4v) is 0.328. The zero-order valence-electron chi connectivity index (χ0n) is 6.83. The number of hydrogen-bond donors (Lipinski definition) is 2. The maximum atomic E-state index is 9.76. The maximum absolute atomic E-state index is 9.76. The van der Waals surface area contributed by atoms with Crippen LogP contribution in [-0.4, -0.2) is 22.2 Å². The fraction of sp³-hybridized carbons (Fsp3) is 0.714. The largest absolute Gasteiger partial charge is 0.481 e. The Hall–Kier alpha value is -1.06. The highest BCUT2D eigenvalue weighted by Crippen LogP contribution is 1.91. The molecule has 0 aliphatic carbocycles. The van der Waals surface area contributed by atoms with Crippen LogP contribution < -0.4 is 0 Å². The minimum Gasteiger partial charge on any atom is -0.481 e. The molecule has 66 valence electrons. The van der Waals surface area contributed by atoms with Crippen molar-refractivity contribution in [1.29, 1.82) is 0 Å². The van der Waals surface area contributed by atoms with Gasteiger partial charge >= 0.3 is 5.97 Å². The van der Waals surface area contributed by atoms with Crippen LogP contribution in [0.2, 0.25) is 0 Å². The molecule has 0 bridgehead atoms. The van der Waals surface area contributed by atoms with Crippen LogP contribution in [0.15, 0.2) is 0 Å². The van der Waals surface area contributed by atoms with Crippen molar-refractivity contribution in [2.45, 2.75) is 33.1 Å². The predicted molar refractivity (Wildman–Crippen MR) is 40.5 cm³/mol. The second-order valence-corrected chi connectivity index (χ2v) is 2.02. The number of carboxylic acids is 2. The van der Waals surface area contributed by atoms with Crippen molar-refractivity contribution in [2.75, 3.05) is 0 Å². The van der Waals surface area contributed by atoms with E-state index in [4.69, 9.17) is 15.0 Å².